The molecule has 178 valence electrons. The first-order chi connectivity index (χ1) is 16.5. The zero-order valence-electron chi connectivity index (χ0n) is 20.1. The summed E-state index contributed by atoms with van der Waals surface area (Å²) in [5.41, 5.74) is 5.59. The van der Waals surface area contributed by atoms with Gasteiger partial charge in [-0.2, -0.15) is 0 Å². The second-order valence-electron chi connectivity index (χ2n) is 9.42. The maximum atomic E-state index is 12.8. The molecule has 0 radical (unpaired) electrons. The number of ether oxygens (including phenoxy) is 1. The van der Waals surface area contributed by atoms with Crippen molar-refractivity contribution in [3.8, 4) is 17.1 Å². The molecule has 1 unspecified atom stereocenters. The van der Waals surface area contributed by atoms with Crippen LogP contribution in [-0.2, 0) is 6.61 Å². The molecule has 1 N–H and O–H groups in total. The van der Waals surface area contributed by atoms with E-state index in [0.29, 0.717) is 30.6 Å². The molecule has 2 aromatic carbocycles. The van der Waals surface area contributed by atoms with E-state index in [1.807, 2.05) is 25.1 Å². The third kappa shape index (κ3) is 4.53. The standard InChI is InChI=1S/C27H32N4O3/c1-18-6-4-7-21(14-18)31-13-12-30(16-20(31)3)11-5-10-28-27(32)25-23-17-33-24-9-8-19(2)15-22(24)26(23)34-29-25/h4,6-9,14-15,20H,5,10-13,16-17H2,1-3H3,(H,28,32). The van der Waals surface area contributed by atoms with Crippen LogP contribution in [0, 0.1) is 13.8 Å². The molecule has 0 bridgehead atoms. The second kappa shape index (κ2) is 9.50. The number of hydrogen-bond acceptors (Lipinski definition) is 6. The summed E-state index contributed by atoms with van der Waals surface area (Å²) >= 11 is 0. The van der Waals surface area contributed by atoms with E-state index in [4.69, 9.17) is 9.26 Å². The summed E-state index contributed by atoms with van der Waals surface area (Å²) in [5, 5.41) is 7.07. The number of fused-ring (bicyclic) bond motifs is 3. The normalized spacial score (nSPS) is 17.6. The van der Waals surface area contributed by atoms with E-state index in [-0.39, 0.29) is 5.91 Å². The van der Waals surface area contributed by atoms with Gasteiger partial charge < -0.3 is 19.5 Å². The molecule has 1 atom stereocenters. The predicted molar refractivity (Wildman–Crippen MR) is 132 cm³/mol. The maximum absolute atomic E-state index is 12.8. The number of anilines is 1. The molecule has 0 spiro atoms. The summed E-state index contributed by atoms with van der Waals surface area (Å²) in [6, 6.07) is 15.1. The van der Waals surface area contributed by atoms with Gasteiger partial charge in [0.1, 0.15) is 12.4 Å². The Balaban J connectivity index is 1.11. The van der Waals surface area contributed by atoms with Gasteiger partial charge in [0.2, 0.25) is 0 Å². The molecule has 5 rings (SSSR count). The molecule has 1 aromatic heterocycles. The van der Waals surface area contributed by atoms with Crippen LogP contribution in [0.5, 0.6) is 5.75 Å². The van der Waals surface area contributed by atoms with Gasteiger partial charge in [0.05, 0.1) is 11.1 Å². The largest absolute Gasteiger partial charge is 0.488 e. The quantitative estimate of drug-likeness (QED) is 0.557. The summed E-state index contributed by atoms with van der Waals surface area (Å²) in [7, 11) is 0. The third-order valence-corrected chi connectivity index (χ3v) is 6.74. The fourth-order valence-corrected chi connectivity index (χ4v) is 4.94. The summed E-state index contributed by atoms with van der Waals surface area (Å²) in [4.78, 5) is 17.7. The van der Waals surface area contributed by atoms with Crippen molar-refractivity contribution >= 4 is 11.6 Å². The van der Waals surface area contributed by atoms with E-state index >= 15 is 0 Å². The smallest absolute Gasteiger partial charge is 0.273 e. The van der Waals surface area contributed by atoms with Crippen LogP contribution in [0.1, 0.15) is 40.5 Å². The Morgan fingerprint density at radius 3 is 2.82 bits per heavy atom. The average molecular weight is 461 g/mol. The van der Waals surface area contributed by atoms with Crippen LogP contribution in [-0.4, -0.2) is 54.7 Å². The molecule has 2 aliphatic rings. The van der Waals surface area contributed by atoms with Gasteiger partial charge in [-0.05, 0) is 63.6 Å². The summed E-state index contributed by atoms with van der Waals surface area (Å²) < 4.78 is 11.4. The van der Waals surface area contributed by atoms with Crippen molar-refractivity contribution in [2.24, 2.45) is 0 Å². The van der Waals surface area contributed by atoms with Crippen LogP contribution in [0.2, 0.25) is 0 Å². The van der Waals surface area contributed by atoms with E-state index in [1.165, 1.54) is 11.3 Å². The lowest BCUT2D eigenvalue weighted by molar-refractivity contribution is 0.0940. The third-order valence-electron chi connectivity index (χ3n) is 6.74. The molecule has 1 saturated heterocycles. The molecule has 0 saturated carbocycles. The SMILES string of the molecule is Cc1cccc(N2CCN(CCCNC(=O)c3noc4c3COc3ccc(C)cc3-4)CC2C)c1. The van der Waals surface area contributed by atoms with Gasteiger partial charge in [-0.25, -0.2) is 0 Å². The van der Waals surface area contributed by atoms with Crippen LogP contribution in [0.15, 0.2) is 47.0 Å². The Morgan fingerprint density at radius 1 is 1.15 bits per heavy atom. The van der Waals surface area contributed by atoms with E-state index in [9.17, 15) is 4.79 Å². The molecule has 2 aliphatic heterocycles. The van der Waals surface area contributed by atoms with Crippen LogP contribution in [0.25, 0.3) is 11.3 Å². The topological polar surface area (TPSA) is 70.8 Å². The van der Waals surface area contributed by atoms with E-state index in [2.05, 4.69) is 58.4 Å². The minimum absolute atomic E-state index is 0.206. The first-order valence-corrected chi connectivity index (χ1v) is 12.1. The molecule has 34 heavy (non-hydrogen) atoms. The Kier molecular flexibility index (Phi) is 6.28. The van der Waals surface area contributed by atoms with Gasteiger partial charge in [-0.15, -0.1) is 0 Å². The number of carbonyl (C=O) groups is 1. The van der Waals surface area contributed by atoms with Gasteiger partial charge in [-0.3, -0.25) is 9.69 Å². The highest BCUT2D eigenvalue weighted by Gasteiger charge is 2.29. The maximum Gasteiger partial charge on any atom is 0.273 e. The van der Waals surface area contributed by atoms with Crippen molar-refractivity contribution < 1.29 is 14.1 Å². The predicted octanol–water partition coefficient (Wildman–Crippen LogP) is 4.18. The minimum atomic E-state index is -0.206. The lowest BCUT2D eigenvalue weighted by atomic mass is 10.0. The number of hydrogen-bond donors (Lipinski definition) is 1. The lowest BCUT2D eigenvalue weighted by Crippen LogP contribution is -2.52. The summed E-state index contributed by atoms with van der Waals surface area (Å²) in [6.07, 6.45) is 0.890. The zero-order valence-corrected chi connectivity index (χ0v) is 20.1. The first-order valence-electron chi connectivity index (χ1n) is 12.1. The van der Waals surface area contributed by atoms with Gasteiger partial charge in [-0.1, -0.05) is 28.9 Å². The number of rotatable bonds is 6. The Hall–Kier alpha value is -3.32. The van der Waals surface area contributed by atoms with Crippen molar-refractivity contribution in [2.45, 2.75) is 39.8 Å². The molecule has 1 amide bonds. The number of nitrogens with one attached hydrogen (secondary N) is 1. The van der Waals surface area contributed by atoms with Gasteiger partial charge >= 0.3 is 0 Å². The van der Waals surface area contributed by atoms with Crippen molar-refractivity contribution in [1.82, 2.24) is 15.4 Å². The van der Waals surface area contributed by atoms with Crippen molar-refractivity contribution in [3.05, 3.63) is 64.8 Å². The van der Waals surface area contributed by atoms with Gasteiger partial charge in [0, 0.05) is 37.9 Å². The second-order valence-corrected chi connectivity index (χ2v) is 9.42. The summed E-state index contributed by atoms with van der Waals surface area (Å²) in [5.74, 6) is 1.19. The van der Waals surface area contributed by atoms with E-state index in [0.717, 1.165) is 55.0 Å². The number of aromatic nitrogens is 1. The Labute approximate surface area is 200 Å². The van der Waals surface area contributed by atoms with Gasteiger partial charge in [0.25, 0.3) is 5.91 Å². The Morgan fingerprint density at radius 2 is 2.00 bits per heavy atom. The number of nitrogens with zero attached hydrogens (tertiary/aromatic N) is 3. The first kappa shape index (κ1) is 22.5. The molecular weight excluding hydrogens is 428 g/mol. The Bertz CT molecular complexity index is 1190. The fourth-order valence-electron chi connectivity index (χ4n) is 4.94. The molecule has 1 fully saturated rings. The van der Waals surface area contributed by atoms with Crippen molar-refractivity contribution in [3.63, 3.8) is 0 Å². The minimum Gasteiger partial charge on any atom is -0.488 e. The van der Waals surface area contributed by atoms with Crippen molar-refractivity contribution in [2.75, 3.05) is 37.6 Å². The monoisotopic (exact) mass is 460 g/mol. The average Bonchev–Trinajstić information content (AvgIpc) is 3.26. The zero-order chi connectivity index (χ0) is 23.7. The molecule has 3 aromatic rings. The van der Waals surface area contributed by atoms with Crippen LogP contribution in [0.3, 0.4) is 0 Å². The number of aryl methyl sites for hydroxylation is 2. The number of benzene rings is 2. The van der Waals surface area contributed by atoms with E-state index in [1.54, 1.807) is 0 Å². The van der Waals surface area contributed by atoms with Crippen LogP contribution < -0.4 is 15.0 Å². The van der Waals surface area contributed by atoms with E-state index < -0.39 is 0 Å². The van der Waals surface area contributed by atoms with Crippen LogP contribution >= 0.6 is 0 Å². The number of piperazine rings is 1. The fraction of sp³-hybridized carbons (Fsp3) is 0.407. The highest BCUT2D eigenvalue weighted by Crippen LogP contribution is 2.39. The van der Waals surface area contributed by atoms with Crippen molar-refractivity contribution in [1.29, 1.82) is 0 Å². The van der Waals surface area contributed by atoms with Crippen LogP contribution in [0.4, 0.5) is 5.69 Å². The lowest BCUT2D eigenvalue weighted by Gasteiger charge is -2.41. The molecule has 7 nitrogen and oxygen atoms in total. The van der Waals surface area contributed by atoms with Gasteiger partial charge in [0.15, 0.2) is 11.5 Å². The summed E-state index contributed by atoms with van der Waals surface area (Å²) in [6.45, 7) is 11.4. The molecule has 3 heterocycles. The molecular formula is C27H32N4O3. The molecule has 0 aliphatic carbocycles. The number of carbonyl (C=O) groups excluding carboxylic acids is 1. The number of amides is 1. The highest BCUT2D eigenvalue weighted by molar-refractivity contribution is 5.95. The highest BCUT2D eigenvalue weighted by atomic mass is 16.5. The molecule has 7 heteroatoms.